The second-order valence-electron chi connectivity index (χ2n) is 7.44. The van der Waals surface area contributed by atoms with E-state index in [4.69, 9.17) is 0 Å². The maximum atomic E-state index is 13.1. The largest absolute Gasteiger partial charge is 0.349 e. The Morgan fingerprint density at radius 2 is 1.96 bits per heavy atom. The fraction of sp³-hybridized carbons (Fsp3) is 0.526. The van der Waals surface area contributed by atoms with Crippen LogP contribution in [0.15, 0.2) is 42.5 Å². The van der Waals surface area contributed by atoms with Gasteiger partial charge in [-0.25, -0.2) is 0 Å². The Morgan fingerprint density at radius 3 is 2.54 bits per heavy atom. The Morgan fingerprint density at radius 1 is 1.27 bits per heavy atom. The number of carbonyl (C=O) groups is 1. The molecule has 7 heteroatoms. The molecule has 1 aromatic rings. The molecule has 1 amide bonds. The van der Waals surface area contributed by atoms with Crippen LogP contribution in [0.5, 0.6) is 0 Å². The van der Waals surface area contributed by atoms with Gasteiger partial charge in [-0.2, -0.15) is 17.0 Å². The van der Waals surface area contributed by atoms with E-state index >= 15 is 0 Å². The molecule has 1 atom stereocenters. The molecule has 1 fully saturated rings. The van der Waals surface area contributed by atoms with Crippen LogP contribution >= 0.6 is 0 Å². The second-order valence-corrected chi connectivity index (χ2v) is 9.58. The van der Waals surface area contributed by atoms with E-state index in [-0.39, 0.29) is 25.0 Å². The molecule has 0 spiro atoms. The predicted molar refractivity (Wildman–Crippen MR) is 102 cm³/mol. The molecule has 1 aliphatic heterocycles. The van der Waals surface area contributed by atoms with E-state index in [2.05, 4.69) is 11.4 Å². The number of hydrogen-bond donors (Lipinski definition) is 1. The summed E-state index contributed by atoms with van der Waals surface area (Å²) in [5, 5.41) is 3.12. The summed E-state index contributed by atoms with van der Waals surface area (Å²) in [7, 11) is -0.471. The minimum atomic E-state index is -3.50. The molecule has 1 N–H and O–H groups in total. The highest BCUT2D eigenvalue weighted by atomic mass is 32.2. The Labute approximate surface area is 156 Å². The number of carbonyl (C=O) groups excluding carboxylic acids is 1. The van der Waals surface area contributed by atoms with Gasteiger partial charge in [-0.05, 0) is 31.2 Å². The third kappa shape index (κ3) is 3.84. The van der Waals surface area contributed by atoms with E-state index in [0.29, 0.717) is 6.42 Å². The van der Waals surface area contributed by atoms with Crippen LogP contribution in [0.3, 0.4) is 0 Å². The van der Waals surface area contributed by atoms with Gasteiger partial charge in [0.15, 0.2) is 0 Å². The van der Waals surface area contributed by atoms with Gasteiger partial charge in [-0.15, -0.1) is 0 Å². The molecule has 1 saturated heterocycles. The van der Waals surface area contributed by atoms with Gasteiger partial charge in [-0.1, -0.05) is 42.5 Å². The Balaban J connectivity index is 1.78. The standard InChI is InChI=1S/C19H27N3O3S/c1-21(2)26(24,25)22-14-19(15-22,13-16-9-5-3-6-10-16)18(23)20-17-11-7-4-8-12-17/h3,5-7,9-11,17H,4,8,12-15H2,1-2H3,(H,20,23). The van der Waals surface area contributed by atoms with Gasteiger partial charge in [0.2, 0.25) is 5.91 Å². The minimum absolute atomic E-state index is 0.0448. The van der Waals surface area contributed by atoms with Crippen molar-refractivity contribution in [2.24, 2.45) is 5.41 Å². The van der Waals surface area contributed by atoms with Crippen LogP contribution in [0, 0.1) is 5.41 Å². The maximum Gasteiger partial charge on any atom is 0.281 e. The number of rotatable bonds is 6. The average Bonchev–Trinajstić information content (AvgIpc) is 2.59. The third-order valence-electron chi connectivity index (χ3n) is 5.18. The van der Waals surface area contributed by atoms with Gasteiger partial charge in [-0.3, -0.25) is 4.79 Å². The molecule has 1 heterocycles. The molecule has 3 rings (SSSR count). The predicted octanol–water partition coefficient (Wildman–Crippen LogP) is 1.56. The fourth-order valence-corrected chi connectivity index (χ4v) is 4.88. The van der Waals surface area contributed by atoms with Crippen molar-refractivity contribution in [2.75, 3.05) is 27.2 Å². The van der Waals surface area contributed by atoms with E-state index in [1.54, 1.807) is 0 Å². The van der Waals surface area contributed by atoms with Crippen LogP contribution in [0.4, 0.5) is 0 Å². The van der Waals surface area contributed by atoms with Crippen molar-refractivity contribution in [3.63, 3.8) is 0 Å². The quantitative estimate of drug-likeness (QED) is 0.765. The van der Waals surface area contributed by atoms with Crippen molar-refractivity contribution in [1.82, 2.24) is 13.9 Å². The number of hydrogen-bond acceptors (Lipinski definition) is 3. The number of benzene rings is 1. The van der Waals surface area contributed by atoms with Gasteiger partial charge in [0, 0.05) is 33.2 Å². The van der Waals surface area contributed by atoms with Crippen LogP contribution in [0.1, 0.15) is 24.8 Å². The summed E-state index contributed by atoms with van der Waals surface area (Å²) in [4.78, 5) is 13.1. The summed E-state index contributed by atoms with van der Waals surface area (Å²) in [5.74, 6) is -0.0527. The van der Waals surface area contributed by atoms with E-state index < -0.39 is 15.6 Å². The fourth-order valence-electron chi connectivity index (χ4n) is 3.60. The lowest BCUT2D eigenvalue weighted by molar-refractivity contribution is -0.138. The zero-order valence-electron chi connectivity index (χ0n) is 15.4. The summed E-state index contributed by atoms with van der Waals surface area (Å²) in [6.45, 7) is 0.426. The minimum Gasteiger partial charge on any atom is -0.349 e. The maximum absolute atomic E-state index is 13.1. The van der Waals surface area contributed by atoms with Crippen molar-refractivity contribution in [3.05, 3.63) is 48.0 Å². The molecule has 1 unspecified atom stereocenters. The van der Waals surface area contributed by atoms with E-state index in [1.165, 1.54) is 22.7 Å². The van der Waals surface area contributed by atoms with Gasteiger partial charge in [0.25, 0.3) is 10.2 Å². The van der Waals surface area contributed by atoms with Crippen molar-refractivity contribution in [2.45, 2.75) is 31.7 Å². The lowest BCUT2D eigenvalue weighted by atomic mass is 9.75. The zero-order valence-corrected chi connectivity index (χ0v) is 16.2. The van der Waals surface area contributed by atoms with E-state index in [1.807, 2.05) is 36.4 Å². The molecule has 2 aliphatic rings. The highest BCUT2D eigenvalue weighted by Crippen LogP contribution is 2.37. The smallest absolute Gasteiger partial charge is 0.281 e. The normalized spacial score (nSPS) is 22.8. The van der Waals surface area contributed by atoms with E-state index in [9.17, 15) is 13.2 Å². The lowest BCUT2D eigenvalue weighted by Crippen LogP contribution is -2.67. The van der Waals surface area contributed by atoms with Crippen molar-refractivity contribution in [1.29, 1.82) is 0 Å². The first-order valence-electron chi connectivity index (χ1n) is 9.03. The molecule has 142 valence electrons. The molecule has 1 aromatic carbocycles. The number of nitrogens with one attached hydrogen (secondary N) is 1. The van der Waals surface area contributed by atoms with Gasteiger partial charge >= 0.3 is 0 Å². The van der Waals surface area contributed by atoms with Crippen molar-refractivity contribution >= 4 is 16.1 Å². The first-order chi connectivity index (χ1) is 12.3. The third-order valence-corrected chi connectivity index (χ3v) is 7.02. The molecule has 0 aromatic heterocycles. The summed E-state index contributed by atoms with van der Waals surface area (Å²) >= 11 is 0. The lowest BCUT2D eigenvalue weighted by Gasteiger charge is -2.48. The van der Waals surface area contributed by atoms with Gasteiger partial charge in [0.1, 0.15) is 0 Å². The number of allylic oxidation sites excluding steroid dienone is 1. The zero-order chi connectivity index (χ0) is 18.8. The Bertz CT molecular complexity index is 768. The number of nitrogens with zero attached hydrogens (tertiary/aromatic N) is 2. The Hall–Kier alpha value is -1.70. The van der Waals surface area contributed by atoms with Crippen LogP contribution in [-0.2, 0) is 21.4 Å². The van der Waals surface area contributed by atoms with Crippen LogP contribution in [0.25, 0.3) is 0 Å². The van der Waals surface area contributed by atoms with Crippen LogP contribution in [0.2, 0.25) is 0 Å². The molecule has 6 nitrogen and oxygen atoms in total. The van der Waals surface area contributed by atoms with Gasteiger partial charge in [0.05, 0.1) is 5.41 Å². The van der Waals surface area contributed by atoms with Gasteiger partial charge < -0.3 is 5.32 Å². The molecule has 0 bridgehead atoms. The summed E-state index contributed by atoms with van der Waals surface area (Å²) in [6, 6.07) is 9.84. The second kappa shape index (κ2) is 7.50. The van der Waals surface area contributed by atoms with Crippen LogP contribution < -0.4 is 5.32 Å². The molecule has 0 radical (unpaired) electrons. The topological polar surface area (TPSA) is 69.7 Å². The summed E-state index contributed by atoms with van der Waals surface area (Å²) in [5.41, 5.74) is 0.333. The number of amides is 1. The van der Waals surface area contributed by atoms with E-state index in [0.717, 1.165) is 24.8 Å². The highest BCUT2D eigenvalue weighted by molar-refractivity contribution is 7.86. The Kier molecular flexibility index (Phi) is 5.50. The molecular formula is C19H27N3O3S. The van der Waals surface area contributed by atoms with Crippen LogP contribution in [-0.4, -0.2) is 56.2 Å². The molecule has 1 aliphatic carbocycles. The SMILES string of the molecule is CN(C)S(=O)(=O)N1CC(Cc2ccccc2)(C(=O)NC2C=CCCC2)C1. The van der Waals surface area contributed by atoms with Crippen molar-refractivity contribution < 1.29 is 13.2 Å². The molecule has 26 heavy (non-hydrogen) atoms. The summed E-state index contributed by atoms with van der Waals surface area (Å²) < 4.78 is 27.3. The van der Waals surface area contributed by atoms with Crippen molar-refractivity contribution in [3.8, 4) is 0 Å². The highest BCUT2D eigenvalue weighted by Gasteiger charge is 2.53. The average molecular weight is 378 g/mol. The monoisotopic (exact) mass is 377 g/mol. The molecule has 0 saturated carbocycles. The first-order valence-corrected chi connectivity index (χ1v) is 10.4. The molecular weight excluding hydrogens is 350 g/mol. The first kappa shape index (κ1) is 19.1. The summed E-state index contributed by atoms with van der Waals surface area (Å²) in [6.07, 6.45) is 7.73.